The Morgan fingerprint density at radius 2 is 2.00 bits per heavy atom. The summed E-state index contributed by atoms with van der Waals surface area (Å²) in [5.41, 5.74) is 2.14. The van der Waals surface area contributed by atoms with Gasteiger partial charge in [0, 0.05) is 11.9 Å². The summed E-state index contributed by atoms with van der Waals surface area (Å²) in [6.45, 7) is 4.06. The zero-order valence-corrected chi connectivity index (χ0v) is 15.0. The van der Waals surface area contributed by atoms with Crippen LogP contribution in [0.4, 0.5) is 0 Å². The molecule has 1 heterocycles. The van der Waals surface area contributed by atoms with Gasteiger partial charge >= 0.3 is 0 Å². The number of hydrogen-bond acceptors (Lipinski definition) is 3. The molecule has 0 aliphatic carbocycles. The number of para-hydroxylation sites is 1. The van der Waals surface area contributed by atoms with Crippen molar-refractivity contribution in [2.45, 2.75) is 23.5 Å². The van der Waals surface area contributed by atoms with Gasteiger partial charge in [0.1, 0.15) is 0 Å². The minimum atomic E-state index is 0.191. The molecular weight excluding hydrogens is 390 g/mol. The summed E-state index contributed by atoms with van der Waals surface area (Å²) in [4.78, 5) is 1.42. The van der Waals surface area contributed by atoms with Crippen molar-refractivity contribution in [3.05, 3.63) is 29.1 Å². The first kappa shape index (κ1) is 14.9. The molecule has 0 radical (unpaired) electrons. The third kappa shape index (κ3) is 3.35. The van der Waals surface area contributed by atoms with Gasteiger partial charge in [0.05, 0.1) is 20.8 Å². The summed E-state index contributed by atoms with van der Waals surface area (Å²) in [6, 6.07) is 8.27. The summed E-state index contributed by atoms with van der Waals surface area (Å²) < 4.78 is 3.29. The van der Waals surface area contributed by atoms with E-state index in [-0.39, 0.29) is 4.83 Å². The molecule has 0 saturated heterocycles. The maximum atomic E-state index is 4.36. The van der Waals surface area contributed by atoms with E-state index in [4.69, 9.17) is 0 Å². The predicted molar refractivity (Wildman–Crippen MR) is 90.6 cm³/mol. The maximum Gasteiger partial charge on any atom is 0.211 e. The lowest BCUT2D eigenvalue weighted by molar-refractivity contribution is 0.885. The van der Waals surface area contributed by atoms with Gasteiger partial charge in [-0.25, -0.2) is 0 Å². The van der Waals surface area contributed by atoms with Crippen LogP contribution < -0.4 is 4.80 Å². The van der Waals surface area contributed by atoms with Crippen molar-refractivity contribution in [1.29, 1.82) is 0 Å². The highest BCUT2D eigenvalue weighted by molar-refractivity contribution is 9.12. The first-order valence-electron chi connectivity index (χ1n) is 5.91. The zero-order valence-electron chi connectivity index (χ0n) is 11.0. The second kappa shape index (κ2) is 6.33. The van der Waals surface area contributed by atoms with Gasteiger partial charge in [-0.15, -0.1) is 5.10 Å². The molecular formula is C13H15Br2N3S. The van der Waals surface area contributed by atoms with Crippen molar-refractivity contribution in [3.63, 3.8) is 0 Å². The number of halogens is 2. The van der Waals surface area contributed by atoms with Gasteiger partial charge in [-0.05, 0) is 19.1 Å². The molecule has 2 unspecified atom stereocenters. The van der Waals surface area contributed by atoms with E-state index in [0.29, 0.717) is 4.83 Å². The SMILES string of the molecule is C/C(=N\N=c1\sc2ccccc2n1C)C(Br)C(C)Br. The highest BCUT2D eigenvalue weighted by atomic mass is 79.9. The number of alkyl halides is 2. The van der Waals surface area contributed by atoms with E-state index in [2.05, 4.69) is 65.7 Å². The van der Waals surface area contributed by atoms with Gasteiger partial charge in [0.15, 0.2) is 0 Å². The molecule has 102 valence electrons. The Morgan fingerprint density at radius 3 is 2.63 bits per heavy atom. The highest BCUT2D eigenvalue weighted by Crippen LogP contribution is 2.16. The molecule has 0 bridgehead atoms. The van der Waals surface area contributed by atoms with Gasteiger partial charge < -0.3 is 4.57 Å². The Labute approximate surface area is 133 Å². The molecule has 0 amide bonds. The van der Waals surface area contributed by atoms with Crippen LogP contribution in [0.3, 0.4) is 0 Å². The number of nitrogens with zero attached hydrogens (tertiary/aromatic N) is 3. The molecule has 3 nitrogen and oxygen atoms in total. The van der Waals surface area contributed by atoms with E-state index in [1.165, 1.54) is 10.2 Å². The van der Waals surface area contributed by atoms with Crippen molar-refractivity contribution in [1.82, 2.24) is 4.57 Å². The van der Waals surface area contributed by atoms with E-state index < -0.39 is 0 Å². The normalized spacial score (nSPS) is 16.9. The molecule has 1 aromatic carbocycles. The van der Waals surface area contributed by atoms with Gasteiger partial charge in [0.25, 0.3) is 0 Å². The number of aryl methyl sites for hydroxylation is 1. The number of hydrogen-bond donors (Lipinski definition) is 0. The molecule has 2 atom stereocenters. The first-order chi connectivity index (χ1) is 9.00. The van der Waals surface area contributed by atoms with Crippen LogP contribution in [0.25, 0.3) is 10.2 Å². The molecule has 0 saturated carbocycles. The Balaban J connectivity index is 2.42. The van der Waals surface area contributed by atoms with Crippen LogP contribution in [0, 0.1) is 0 Å². The van der Waals surface area contributed by atoms with Crippen molar-refractivity contribution in [2.75, 3.05) is 0 Å². The average Bonchev–Trinajstić information content (AvgIpc) is 2.72. The molecule has 0 aliphatic heterocycles. The molecule has 6 heteroatoms. The fraction of sp³-hybridized carbons (Fsp3) is 0.385. The number of aromatic nitrogens is 1. The molecule has 19 heavy (non-hydrogen) atoms. The standard InChI is InChI=1S/C13H15Br2N3S/c1-8(14)12(15)9(2)16-17-13-18(3)10-6-4-5-7-11(10)19-13/h4-8,12H,1-3H3/b16-9+,17-13+. The Morgan fingerprint density at radius 1 is 1.32 bits per heavy atom. The minimum Gasteiger partial charge on any atom is -0.318 e. The molecule has 0 spiro atoms. The van der Waals surface area contributed by atoms with Crippen molar-refractivity contribution in [3.8, 4) is 0 Å². The third-order valence-corrected chi connectivity index (χ3v) is 6.61. The molecule has 0 N–H and O–H groups in total. The van der Waals surface area contributed by atoms with E-state index in [1.807, 2.05) is 26.1 Å². The van der Waals surface area contributed by atoms with E-state index in [0.717, 1.165) is 10.5 Å². The largest absolute Gasteiger partial charge is 0.318 e. The van der Waals surface area contributed by atoms with E-state index in [1.54, 1.807) is 11.3 Å². The Bertz CT molecular complexity index is 670. The van der Waals surface area contributed by atoms with Gasteiger partial charge in [-0.2, -0.15) is 5.10 Å². The van der Waals surface area contributed by atoms with Crippen molar-refractivity contribution in [2.24, 2.45) is 17.3 Å². The maximum absolute atomic E-state index is 4.36. The van der Waals surface area contributed by atoms with Crippen molar-refractivity contribution >= 4 is 59.1 Å². The third-order valence-electron chi connectivity index (χ3n) is 2.81. The van der Waals surface area contributed by atoms with Crippen LogP contribution in [-0.4, -0.2) is 19.9 Å². The molecule has 1 aromatic heterocycles. The molecule has 0 fully saturated rings. The van der Waals surface area contributed by atoms with Crippen LogP contribution in [0.1, 0.15) is 13.8 Å². The predicted octanol–water partition coefficient (Wildman–Crippen LogP) is 4.06. The van der Waals surface area contributed by atoms with Crippen LogP contribution in [0.5, 0.6) is 0 Å². The average molecular weight is 405 g/mol. The van der Waals surface area contributed by atoms with Gasteiger partial charge in [0.2, 0.25) is 4.80 Å². The second-order valence-electron chi connectivity index (χ2n) is 4.33. The van der Waals surface area contributed by atoms with Crippen LogP contribution in [-0.2, 0) is 7.05 Å². The molecule has 0 aliphatic rings. The summed E-state index contributed by atoms with van der Waals surface area (Å²) in [6.07, 6.45) is 0. The Hall–Kier alpha value is -0.460. The fourth-order valence-electron chi connectivity index (χ4n) is 1.69. The summed E-state index contributed by atoms with van der Waals surface area (Å²) in [5.74, 6) is 0. The van der Waals surface area contributed by atoms with Crippen LogP contribution in [0.2, 0.25) is 0 Å². The number of thiazole rings is 1. The number of fused-ring (bicyclic) bond motifs is 1. The second-order valence-corrected chi connectivity index (χ2v) is 7.77. The van der Waals surface area contributed by atoms with Crippen LogP contribution >= 0.6 is 43.2 Å². The lowest BCUT2D eigenvalue weighted by atomic mass is 10.2. The van der Waals surface area contributed by atoms with Crippen LogP contribution in [0.15, 0.2) is 34.5 Å². The summed E-state index contributed by atoms with van der Waals surface area (Å²) in [7, 11) is 2.02. The smallest absolute Gasteiger partial charge is 0.211 e. The lowest BCUT2D eigenvalue weighted by Gasteiger charge is -2.09. The van der Waals surface area contributed by atoms with Crippen molar-refractivity contribution < 1.29 is 0 Å². The highest BCUT2D eigenvalue weighted by Gasteiger charge is 2.13. The van der Waals surface area contributed by atoms with E-state index in [9.17, 15) is 0 Å². The van der Waals surface area contributed by atoms with Gasteiger partial charge in [-0.1, -0.05) is 62.3 Å². The molecule has 2 rings (SSSR count). The first-order valence-corrected chi connectivity index (χ1v) is 8.56. The number of benzene rings is 1. The number of rotatable bonds is 3. The quantitative estimate of drug-likeness (QED) is 0.419. The Kier molecular flexibility index (Phi) is 4.97. The lowest BCUT2D eigenvalue weighted by Crippen LogP contribution is -2.19. The summed E-state index contributed by atoms with van der Waals surface area (Å²) >= 11 is 8.78. The monoisotopic (exact) mass is 403 g/mol. The molecule has 2 aromatic rings. The zero-order chi connectivity index (χ0) is 14.0. The van der Waals surface area contributed by atoms with Gasteiger partial charge in [-0.3, -0.25) is 0 Å². The van der Waals surface area contributed by atoms with E-state index >= 15 is 0 Å². The fourth-order valence-corrected chi connectivity index (χ4v) is 3.13. The minimum absolute atomic E-state index is 0.191. The summed E-state index contributed by atoms with van der Waals surface area (Å²) in [5, 5.41) is 8.69. The topological polar surface area (TPSA) is 29.6 Å².